The average molecular weight is 905 g/mol. The minimum Gasteiger partial charge on any atom is -0.455 e. The van der Waals surface area contributed by atoms with Crippen molar-refractivity contribution in [1.82, 2.24) is 4.57 Å². The first-order chi connectivity index (χ1) is 35.2. The first kappa shape index (κ1) is 40.6. The Hall–Kier alpha value is -9.44. The number of benzene rings is 12. The van der Waals surface area contributed by atoms with Crippen molar-refractivity contribution in [2.24, 2.45) is 0 Å². The van der Waals surface area contributed by atoms with Gasteiger partial charge in [-0.3, -0.25) is 0 Å². The molecule has 0 saturated heterocycles. The van der Waals surface area contributed by atoms with Crippen molar-refractivity contribution in [2.75, 3.05) is 4.90 Å². The smallest absolute Gasteiger partial charge is 0.145 e. The Bertz CT molecular complexity index is 4340. The van der Waals surface area contributed by atoms with E-state index in [-0.39, 0.29) is 0 Å². The zero-order valence-corrected chi connectivity index (χ0v) is 38.7. The van der Waals surface area contributed by atoms with Crippen LogP contribution in [-0.4, -0.2) is 4.57 Å². The maximum Gasteiger partial charge on any atom is 0.145 e. The molecule has 2 heterocycles. The number of nitrogens with zero attached hydrogens (tertiary/aromatic N) is 2. The highest BCUT2D eigenvalue weighted by Crippen LogP contribution is 2.50. The summed E-state index contributed by atoms with van der Waals surface area (Å²) in [6.07, 6.45) is 0. The van der Waals surface area contributed by atoms with E-state index >= 15 is 0 Å². The molecule has 14 aromatic rings. The lowest BCUT2D eigenvalue weighted by molar-refractivity contribution is 0.670. The Kier molecular flexibility index (Phi) is 9.53. The van der Waals surface area contributed by atoms with E-state index in [2.05, 4.69) is 276 Å². The highest BCUT2D eigenvalue weighted by molar-refractivity contribution is 6.21. The van der Waals surface area contributed by atoms with Crippen LogP contribution in [-0.2, 0) is 0 Å². The van der Waals surface area contributed by atoms with E-state index < -0.39 is 0 Å². The molecule has 14 rings (SSSR count). The molecule has 332 valence electrons. The van der Waals surface area contributed by atoms with Gasteiger partial charge in [0.15, 0.2) is 0 Å². The predicted octanol–water partition coefficient (Wildman–Crippen LogP) is 19.1. The number of para-hydroxylation sites is 3. The summed E-state index contributed by atoms with van der Waals surface area (Å²) in [5, 5.41) is 9.42. The quantitative estimate of drug-likeness (QED) is 0.151. The highest BCUT2D eigenvalue weighted by Gasteiger charge is 2.25. The Morgan fingerprint density at radius 3 is 1.73 bits per heavy atom. The van der Waals surface area contributed by atoms with Crippen LogP contribution >= 0.6 is 0 Å². The Morgan fingerprint density at radius 1 is 0.310 bits per heavy atom. The van der Waals surface area contributed by atoms with Crippen molar-refractivity contribution in [3.8, 4) is 50.2 Å². The van der Waals surface area contributed by atoms with Gasteiger partial charge in [-0.05, 0) is 128 Å². The van der Waals surface area contributed by atoms with Gasteiger partial charge in [0.1, 0.15) is 11.2 Å². The molecular formula is C68H44N2O. The number of fused-ring (bicyclic) bond motifs is 8. The molecule has 3 nitrogen and oxygen atoms in total. The van der Waals surface area contributed by atoms with E-state index in [9.17, 15) is 0 Å². The largest absolute Gasteiger partial charge is 0.455 e. The van der Waals surface area contributed by atoms with Crippen molar-refractivity contribution < 1.29 is 4.42 Å². The van der Waals surface area contributed by atoms with Crippen molar-refractivity contribution >= 4 is 82.4 Å². The number of aromatic nitrogens is 1. The number of anilines is 3. The van der Waals surface area contributed by atoms with Crippen molar-refractivity contribution in [2.45, 2.75) is 0 Å². The summed E-state index contributed by atoms with van der Waals surface area (Å²) in [6.45, 7) is 0. The molecule has 0 bridgehead atoms. The molecule has 2 aromatic heterocycles. The second kappa shape index (κ2) is 16.7. The maximum absolute atomic E-state index is 6.89. The molecule has 71 heavy (non-hydrogen) atoms. The monoisotopic (exact) mass is 904 g/mol. The predicted molar refractivity (Wildman–Crippen MR) is 299 cm³/mol. The lowest BCUT2D eigenvalue weighted by Gasteiger charge is -2.29. The fraction of sp³-hybridized carbons (Fsp3) is 0. The highest BCUT2D eigenvalue weighted by atomic mass is 16.3. The standard InChI is InChI=1S/C68H44N2O/c1-3-18-47(19-4-1)54-39-42-64(67-60-28-12-14-32-65(60)71-68(54)67)70(53-37-35-46(36-38-53)49-21-15-22-50(43-49)51-34-33-45-17-7-8-20-48(45)44-51)62-41-40-56(55-25-9-10-26-57(55)62)58-29-16-31-63-66(58)59-27-11-13-30-61(59)69(63)52-23-5-2-6-24-52/h1-44H. The van der Waals surface area contributed by atoms with Crippen LogP contribution in [0.25, 0.3) is 115 Å². The van der Waals surface area contributed by atoms with Crippen molar-refractivity contribution in [1.29, 1.82) is 0 Å². The zero-order chi connectivity index (χ0) is 46.8. The second-order valence-electron chi connectivity index (χ2n) is 18.4. The SMILES string of the molecule is c1ccc(-c2ccc(N(c3ccc(-c4cccc(-c5ccc6ccccc6c5)c4)cc3)c3ccc(-c4cccc5c4c4ccccc4n5-c4ccccc4)c4ccccc34)c3c2oc2ccccc23)cc1. The third-order valence-electron chi connectivity index (χ3n) is 14.4. The summed E-state index contributed by atoms with van der Waals surface area (Å²) >= 11 is 0. The number of hydrogen-bond acceptors (Lipinski definition) is 2. The van der Waals surface area contributed by atoms with Gasteiger partial charge in [0, 0.05) is 38.5 Å². The minimum atomic E-state index is 0.858. The molecule has 0 fully saturated rings. The lowest BCUT2D eigenvalue weighted by atomic mass is 9.93. The Labute approximate surface area is 411 Å². The van der Waals surface area contributed by atoms with Gasteiger partial charge in [-0.25, -0.2) is 0 Å². The number of hydrogen-bond donors (Lipinski definition) is 0. The lowest BCUT2D eigenvalue weighted by Crippen LogP contribution is -2.11. The van der Waals surface area contributed by atoms with Gasteiger partial charge in [-0.1, -0.05) is 194 Å². The first-order valence-electron chi connectivity index (χ1n) is 24.3. The third kappa shape index (κ3) is 6.74. The van der Waals surface area contributed by atoms with Gasteiger partial charge in [-0.2, -0.15) is 0 Å². The van der Waals surface area contributed by atoms with Crippen molar-refractivity contribution in [3.63, 3.8) is 0 Å². The van der Waals surface area contributed by atoms with Crippen LogP contribution in [0.15, 0.2) is 271 Å². The molecule has 3 heteroatoms. The molecular weight excluding hydrogens is 861 g/mol. The molecule has 0 aliphatic rings. The van der Waals surface area contributed by atoms with Gasteiger partial charge in [0.05, 0.1) is 27.8 Å². The minimum absolute atomic E-state index is 0.858. The van der Waals surface area contributed by atoms with E-state index in [0.29, 0.717) is 0 Å². The van der Waals surface area contributed by atoms with Crippen LogP contribution in [0, 0.1) is 0 Å². The molecule has 0 aliphatic carbocycles. The fourth-order valence-electron chi connectivity index (χ4n) is 11.1. The summed E-state index contributed by atoms with van der Waals surface area (Å²) < 4.78 is 9.29. The van der Waals surface area contributed by atoms with Crippen LogP contribution in [0.4, 0.5) is 17.1 Å². The third-order valence-corrected chi connectivity index (χ3v) is 14.4. The zero-order valence-electron chi connectivity index (χ0n) is 38.7. The molecule has 0 atom stereocenters. The summed E-state index contributed by atoms with van der Waals surface area (Å²) in [5.74, 6) is 0. The molecule has 0 spiro atoms. The Balaban J connectivity index is 0.975. The Morgan fingerprint density at radius 2 is 0.901 bits per heavy atom. The van der Waals surface area contributed by atoms with E-state index in [1.54, 1.807) is 0 Å². The maximum atomic E-state index is 6.89. The van der Waals surface area contributed by atoms with E-state index in [0.717, 1.165) is 66.8 Å². The molecule has 12 aromatic carbocycles. The number of furan rings is 1. The van der Waals surface area contributed by atoms with Crippen LogP contribution in [0.3, 0.4) is 0 Å². The molecule has 0 amide bonds. The second-order valence-corrected chi connectivity index (χ2v) is 18.4. The van der Waals surface area contributed by atoms with E-state index in [1.807, 2.05) is 0 Å². The number of rotatable bonds is 8. The van der Waals surface area contributed by atoms with Gasteiger partial charge < -0.3 is 13.9 Å². The van der Waals surface area contributed by atoms with Gasteiger partial charge >= 0.3 is 0 Å². The van der Waals surface area contributed by atoms with Crippen LogP contribution in [0.1, 0.15) is 0 Å². The molecule has 0 saturated carbocycles. The van der Waals surface area contributed by atoms with E-state index in [1.165, 1.54) is 65.8 Å². The molecule has 0 aliphatic heterocycles. The summed E-state index contributed by atoms with van der Waals surface area (Å²) in [6, 6.07) is 96.7. The molecule has 0 N–H and O–H groups in total. The molecule has 0 unspecified atom stereocenters. The fourth-order valence-corrected chi connectivity index (χ4v) is 11.1. The van der Waals surface area contributed by atoms with Crippen LogP contribution in [0.2, 0.25) is 0 Å². The topological polar surface area (TPSA) is 21.3 Å². The normalized spacial score (nSPS) is 11.7. The van der Waals surface area contributed by atoms with Crippen LogP contribution in [0.5, 0.6) is 0 Å². The first-order valence-corrected chi connectivity index (χ1v) is 24.3. The van der Waals surface area contributed by atoms with Gasteiger partial charge in [0.25, 0.3) is 0 Å². The van der Waals surface area contributed by atoms with Crippen LogP contribution < -0.4 is 4.90 Å². The van der Waals surface area contributed by atoms with E-state index in [4.69, 9.17) is 4.42 Å². The summed E-state index contributed by atoms with van der Waals surface area (Å²) in [4.78, 5) is 2.45. The summed E-state index contributed by atoms with van der Waals surface area (Å²) in [7, 11) is 0. The van der Waals surface area contributed by atoms with Crippen molar-refractivity contribution in [3.05, 3.63) is 267 Å². The summed E-state index contributed by atoms with van der Waals surface area (Å²) in [5.41, 5.74) is 17.7. The average Bonchev–Trinajstić information content (AvgIpc) is 4.01. The van der Waals surface area contributed by atoms with Gasteiger partial charge in [-0.15, -0.1) is 0 Å². The van der Waals surface area contributed by atoms with Gasteiger partial charge in [0.2, 0.25) is 0 Å². The molecule has 0 radical (unpaired) electrons.